The van der Waals surface area contributed by atoms with Gasteiger partial charge in [-0.25, -0.2) is 4.79 Å². The van der Waals surface area contributed by atoms with Gasteiger partial charge in [-0.15, -0.1) is 0 Å². The van der Waals surface area contributed by atoms with Crippen LogP contribution in [0.4, 0.5) is 10.5 Å². The monoisotopic (exact) mass is 463 g/mol. The van der Waals surface area contributed by atoms with Gasteiger partial charge in [0.15, 0.2) is 0 Å². The molecule has 0 aliphatic heterocycles. The molecule has 6 nitrogen and oxygen atoms in total. The molecule has 3 aromatic rings. The summed E-state index contributed by atoms with van der Waals surface area (Å²) in [6, 6.07) is 19.3. The zero-order valence-electron chi connectivity index (χ0n) is 20.5. The van der Waals surface area contributed by atoms with E-state index in [-0.39, 0.29) is 24.4 Å². The highest BCUT2D eigenvalue weighted by Gasteiger charge is 2.21. The van der Waals surface area contributed by atoms with E-state index in [1.165, 1.54) is 11.3 Å². The standard InChI is InChI=1S/C28H33NO5/c1-6-29(5)25-13-9-21(18-24(25)28(2,3)4)23-17-20(10-14-26(23)33-16-15-30)19-7-11-22(12-8-19)34-27(31)32/h7-14,17-18,30H,6,15-16H2,1-5H3,(H,31,32). The first kappa shape index (κ1) is 25.1. The van der Waals surface area contributed by atoms with Gasteiger partial charge in [-0.2, -0.15) is 0 Å². The highest BCUT2D eigenvalue weighted by molar-refractivity contribution is 5.80. The van der Waals surface area contributed by atoms with Gasteiger partial charge in [0.05, 0.1) is 6.61 Å². The largest absolute Gasteiger partial charge is 0.511 e. The Morgan fingerprint density at radius 3 is 2.18 bits per heavy atom. The van der Waals surface area contributed by atoms with Crippen molar-refractivity contribution in [2.24, 2.45) is 0 Å². The maximum atomic E-state index is 10.8. The third kappa shape index (κ3) is 5.88. The average Bonchev–Trinajstić information content (AvgIpc) is 2.81. The van der Waals surface area contributed by atoms with E-state index in [1.54, 1.807) is 12.1 Å². The van der Waals surface area contributed by atoms with E-state index in [9.17, 15) is 9.90 Å². The van der Waals surface area contributed by atoms with Crippen LogP contribution in [0.15, 0.2) is 60.7 Å². The number of carboxylic acid groups (broad SMARTS) is 1. The number of hydrogen-bond donors (Lipinski definition) is 2. The quantitative estimate of drug-likeness (QED) is 0.306. The highest BCUT2D eigenvalue weighted by atomic mass is 16.7. The van der Waals surface area contributed by atoms with Crippen LogP contribution in [0.5, 0.6) is 11.5 Å². The minimum atomic E-state index is -1.34. The van der Waals surface area contributed by atoms with E-state index in [0.29, 0.717) is 5.75 Å². The molecule has 0 aliphatic carbocycles. The molecule has 0 heterocycles. The van der Waals surface area contributed by atoms with E-state index in [0.717, 1.165) is 28.8 Å². The molecule has 0 saturated heterocycles. The molecule has 3 aromatic carbocycles. The lowest BCUT2D eigenvalue weighted by Gasteiger charge is -2.29. The third-order valence-corrected chi connectivity index (χ3v) is 5.72. The van der Waals surface area contributed by atoms with Gasteiger partial charge in [-0.05, 0) is 71.0 Å². The molecule has 0 amide bonds. The predicted octanol–water partition coefficient (Wildman–Crippen LogP) is 6.20. The van der Waals surface area contributed by atoms with Crippen LogP contribution >= 0.6 is 0 Å². The number of nitrogens with zero attached hydrogens (tertiary/aromatic N) is 1. The second kappa shape index (κ2) is 10.6. The predicted molar refractivity (Wildman–Crippen MR) is 136 cm³/mol. The number of anilines is 1. The number of hydrogen-bond acceptors (Lipinski definition) is 5. The van der Waals surface area contributed by atoms with Gasteiger partial charge in [0.1, 0.15) is 18.1 Å². The molecule has 0 aromatic heterocycles. The minimum absolute atomic E-state index is 0.0571. The van der Waals surface area contributed by atoms with Crippen LogP contribution in [0.2, 0.25) is 0 Å². The van der Waals surface area contributed by atoms with Crippen molar-refractivity contribution in [1.29, 1.82) is 0 Å². The molecule has 0 atom stereocenters. The minimum Gasteiger partial charge on any atom is -0.491 e. The van der Waals surface area contributed by atoms with Gasteiger partial charge in [0.2, 0.25) is 0 Å². The van der Waals surface area contributed by atoms with Gasteiger partial charge in [0.25, 0.3) is 0 Å². The van der Waals surface area contributed by atoms with E-state index in [4.69, 9.17) is 14.6 Å². The second-order valence-electron chi connectivity index (χ2n) is 9.17. The molecule has 0 aliphatic rings. The Morgan fingerprint density at radius 2 is 1.59 bits per heavy atom. The fourth-order valence-corrected chi connectivity index (χ4v) is 3.84. The maximum Gasteiger partial charge on any atom is 0.511 e. The molecule has 2 N–H and O–H groups in total. The van der Waals surface area contributed by atoms with Gasteiger partial charge < -0.3 is 24.6 Å². The molecule has 180 valence electrons. The number of aliphatic hydroxyl groups excluding tert-OH is 1. The topological polar surface area (TPSA) is 79.2 Å². The number of benzene rings is 3. The Balaban J connectivity index is 2.11. The summed E-state index contributed by atoms with van der Waals surface area (Å²) in [6.07, 6.45) is -1.34. The van der Waals surface area contributed by atoms with Crippen LogP contribution in [0.1, 0.15) is 33.3 Å². The Labute approximate surface area is 201 Å². The third-order valence-electron chi connectivity index (χ3n) is 5.72. The van der Waals surface area contributed by atoms with Crippen molar-refractivity contribution in [2.75, 3.05) is 31.7 Å². The van der Waals surface area contributed by atoms with Gasteiger partial charge in [-0.3, -0.25) is 0 Å². The lowest BCUT2D eigenvalue weighted by atomic mass is 9.83. The Bertz CT molecular complexity index is 1130. The summed E-state index contributed by atoms with van der Waals surface area (Å²) in [5.41, 5.74) is 6.21. The van der Waals surface area contributed by atoms with Crippen molar-refractivity contribution in [3.63, 3.8) is 0 Å². The van der Waals surface area contributed by atoms with Gasteiger partial charge >= 0.3 is 6.16 Å². The summed E-state index contributed by atoms with van der Waals surface area (Å²) in [4.78, 5) is 13.0. The molecular weight excluding hydrogens is 430 g/mol. The normalized spacial score (nSPS) is 11.2. The van der Waals surface area contributed by atoms with Gasteiger partial charge in [0, 0.05) is 24.8 Å². The van der Waals surface area contributed by atoms with Crippen LogP contribution in [0.25, 0.3) is 22.3 Å². The van der Waals surface area contributed by atoms with Crippen molar-refractivity contribution in [3.8, 4) is 33.8 Å². The zero-order chi connectivity index (χ0) is 24.9. The highest BCUT2D eigenvalue weighted by Crippen LogP contribution is 2.39. The summed E-state index contributed by atoms with van der Waals surface area (Å²) in [5.74, 6) is 0.963. The fraction of sp³-hybridized carbons (Fsp3) is 0.321. The summed E-state index contributed by atoms with van der Waals surface area (Å²) < 4.78 is 10.6. The lowest BCUT2D eigenvalue weighted by Crippen LogP contribution is -2.22. The Morgan fingerprint density at radius 1 is 0.941 bits per heavy atom. The van der Waals surface area contributed by atoms with Crippen LogP contribution in [0.3, 0.4) is 0 Å². The van der Waals surface area contributed by atoms with E-state index in [1.807, 2.05) is 24.3 Å². The molecule has 0 spiro atoms. The Kier molecular flexibility index (Phi) is 7.84. The lowest BCUT2D eigenvalue weighted by molar-refractivity contribution is 0.144. The molecular formula is C28H33NO5. The van der Waals surface area contributed by atoms with Crippen molar-refractivity contribution >= 4 is 11.8 Å². The molecule has 0 fully saturated rings. The first-order chi connectivity index (χ1) is 16.1. The van der Waals surface area contributed by atoms with Crippen molar-refractivity contribution < 1.29 is 24.5 Å². The first-order valence-corrected chi connectivity index (χ1v) is 11.4. The van der Waals surface area contributed by atoms with Crippen molar-refractivity contribution in [1.82, 2.24) is 0 Å². The first-order valence-electron chi connectivity index (χ1n) is 11.4. The zero-order valence-corrected chi connectivity index (χ0v) is 20.5. The number of aliphatic hydroxyl groups is 1. The SMILES string of the molecule is CCN(C)c1ccc(-c2cc(-c3ccc(OC(=O)O)cc3)ccc2OCCO)cc1C(C)(C)C. The van der Waals surface area contributed by atoms with Crippen molar-refractivity contribution in [3.05, 3.63) is 66.2 Å². The fourth-order valence-electron chi connectivity index (χ4n) is 3.84. The molecule has 6 heteroatoms. The molecule has 34 heavy (non-hydrogen) atoms. The molecule has 3 rings (SSSR count). The Hall–Kier alpha value is -3.51. The van der Waals surface area contributed by atoms with Crippen molar-refractivity contribution in [2.45, 2.75) is 33.1 Å². The summed E-state index contributed by atoms with van der Waals surface area (Å²) in [6.45, 7) is 9.80. The molecule has 0 saturated carbocycles. The molecule has 0 bridgehead atoms. The van der Waals surface area contributed by atoms with Crippen LogP contribution in [0, 0.1) is 0 Å². The van der Waals surface area contributed by atoms with E-state index in [2.05, 4.69) is 63.9 Å². The van der Waals surface area contributed by atoms with Gasteiger partial charge in [-0.1, -0.05) is 45.0 Å². The maximum absolute atomic E-state index is 10.8. The summed E-state index contributed by atoms with van der Waals surface area (Å²) in [5, 5.41) is 18.1. The number of rotatable bonds is 8. The molecule has 0 unspecified atom stereocenters. The van der Waals surface area contributed by atoms with E-state index < -0.39 is 6.16 Å². The number of carbonyl (C=O) groups is 1. The summed E-state index contributed by atoms with van der Waals surface area (Å²) >= 11 is 0. The smallest absolute Gasteiger partial charge is 0.491 e. The van der Waals surface area contributed by atoms with E-state index >= 15 is 0 Å². The van der Waals surface area contributed by atoms with Crippen LogP contribution in [-0.2, 0) is 5.41 Å². The second-order valence-corrected chi connectivity index (χ2v) is 9.17. The average molecular weight is 464 g/mol. The number of ether oxygens (including phenoxy) is 2. The summed E-state index contributed by atoms with van der Waals surface area (Å²) in [7, 11) is 2.10. The molecule has 0 radical (unpaired) electrons. The van der Waals surface area contributed by atoms with Crippen LogP contribution < -0.4 is 14.4 Å². The van der Waals surface area contributed by atoms with Crippen LogP contribution in [-0.4, -0.2) is 43.2 Å².